The zero-order chi connectivity index (χ0) is 21.2. The Balaban J connectivity index is 2.55. The molecule has 160 valence electrons. The van der Waals surface area contributed by atoms with Crippen molar-refractivity contribution < 1.29 is 28.0 Å². The van der Waals surface area contributed by atoms with E-state index in [0.717, 1.165) is 11.8 Å². The number of hydrogen-bond acceptors (Lipinski definition) is 6. The first kappa shape index (κ1) is 23.3. The van der Waals surface area contributed by atoms with Crippen LogP contribution >= 0.6 is 0 Å². The predicted octanol–water partition coefficient (Wildman–Crippen LogP) is 3.76. The molecular formula is C20H33NO6S. The molecule has 0 amide bonds. The number of nitrogens with zero attached hydrogens (tertiary/aromatic N) is 1. The summed E-state index contributed by atoms with van der Waals surface area (Å²) in [6.07, 6.45) is 1.22. The molecule has 1 aromatic rings. The Labute approximate surface area is 168 Å². The van der Waals surface area contributed by atoms with Crippen LogP contribution < -0.4 is 0 Å². The van der Waals surface area contributed by atoms with Crippen LogP contribution in [0.1, 0.15) is 59.9 Å². The first-order valence-electron chi connectivity index (χ1n) is 9.48. The van der Waals surface area contributed by atoms with E-state index in [1.807, 2.05) is 71.9 Å². The number of benzene rings is 1. The topological polar surface area (TPSA) is 74.3 Å². The van der Waals surface area contributed by atoms with Gasteiger partial charge >= 0.3 is 0 Å². The summed E-state index contributed by atoms with van der Waals surface area (Å²) in [5, 5.41) is 0. The van der Waals surface area contributed by atoms with E-state index in [-0.39, 0.29) is 0 Å². The highest BCUT2D eigenvalue weighted by Gasteiger charge is 2.54. The van der Waals surface area contributed by atoms with Crippen molar-refractivity contribution in [2.45, 2.75) is 77.4 Å². The van der Waals surface area contributed by atoms with Gasteiger partial charge < -0.3 is 0 Å². The molecule has 1 heterocycles. The van der Waals surface area contributed by atoms with Gasteiger partial charge in [0.2, 0.25) is 10.0 Å². The summed E-state index contributed by atoms with van der Waals surface area (Å²) in [7, 11) is -3.58. The predicted molar refractivity (Wildman–Crippen MR) is 107 cm³/mol. The van der Waals surface area contributed by atoms with Crippen molar-refractivity contribution >= 4 is 10.0 Å². The molecule has 1 aromatic carbocycles. The molecule has 0 bridgehead atoms. The highest BCUT2D eigenvalue weighted by molar-refractivity contribution is 7.88. The van der Waals surface area contributed by atoms with E-state index in [9.17, 15) is 8.42 Å². The van der Waals surface area contributed by atoms with Gasteiger partial charge in [0.05, 0.1) is 17.5 Å². The van der Waals surface area contributed by atoms with Gasteiger partial charge in [0.25, 0.3) is 0 Å². The Bertz CT molecular complexity index is 738. The van der Waals surface area contributed by atoms with Crippen LogP contribution in [0.5, 0.6) is 0 Å². The summed E-state index contributed by atoms with van der Waals surface area (Å²) >= 11 is 0. The average Bonchev–Trinajstić information content (AvgIpc) is 2.57. The van der Waals surface area contributed by atoms with Gasteiger partial charge in [-0.25, -0.2) is 28.0 Å². The van der Waals surface area contributed by atoms with E-state index in [2.05, 4.69) is 0 Å². The van der Waals surface area contributed by atoms with Gasteiger partial charge in [0.1, 0.15) is 0 Å². The molecule has 0 aromatic heterocycles. The van der Waals surface area contributed by atoms with Gasteiger partial charge in [0.15, 0.2) is 11.8 Å². The second-order valence-electron chi connectivity index (χ2n) is 9.16. The van der Waals surface area contributed by atoms with Crippen LogP contribution in [0.2, 0.25) is 0 Å². The van der Waals surface area contributed by atoms with E-state index >= 15 is 0 Å². The molecule has 0 N–H and O–H groups in total. The minimum absolute atomic E-state index is 0.310. The van der Waals surface area contributed by atoms with Crippen molar-refractivity contribution in [3.8, 4) is 0 Å². The smallest absolute Gasteiger partial charge is 0.213 e. The molecule has 7 nitrogen and oxygen atoms in total. The lowest BCUT2D eigenvalue weighted by Crippen LogP contribution is -2.59. The molecule has 1 saturated heterocycles. The normalized spacial score (nSPS) is 25.0. The standard InChI is InChI=1S/C20H33NO6S/c1-18(2,3)25-24-17-20(27-26-19(4,5)6,16-12-9-8-10-13-16)14-11-15-21(17)28(7,22)23/h8-10,12-13,17H,11,14-15H2,1-7H3/t17-,20-/m0/s1. The highest BCUT2D eigenvalue weighted by Crippen LogP contribution is 2.43. The first-order valence-corrected chi connectivity index (χ1v) is 11.3. The quantitative estimate of drug-likeness (QED) is 0.520. The lowest BCUT2D eigenvalue weighted by Gasteiger charge is -2.47. The van der Waals surface area contributed by atoms with Crippen LogP contribution in [0.4, 0.5) is 0 Å². The fourth-order valence-electron chi connectivity index (χ4n) is 2.96. The maximum Gasteiger partial charge on any atom is 0.213 e. The molecule has 2 rings (SSSR count). The molecule has 28 heavy (non-hydrogen) atoms. The Morgan fingerprint density at radius 2 is 1.57 bits per heavy atom. The van der Waals surface area contributed by atoms with Crippen LogP contribution in [0.15, 0.2) is 30.3 Å². The Morgan fingerprint density at radius 3 is 2.07 bits per heavy atom. The summed E-state index contributed by atoms with van der Waals surface area (Å²) in [5.74, 6) is 0. The molecule has 1 aliphatic rings. The second kappa shape index (κ2) is 8.38. The number of rotatable bonds is 6. The van der Waals surface area contributed by atoms with Gasteiger partial charge in [-0.05, 0) is 59.9 Å². The summed E-state index contributed by atoms with van der Waals surface area (Å²) in [4.78, 5) is 23.0. The van der Waals surface area contributed by atoms with Gasteiger partial charge in [-0.15, -0.1) is 0 Å². The summed E-state index contributed by atoms with van der Waals surface area (Å²) in [5.41, 5.74) is -1.64. The molecule has 1 fully saturated rings. The SMILES string of the molecule is CC(C)(C)OO[C@@H]1N(S(C)(=O)=O)CCC[C@]1(OOC(C)(C)C)c1ccccc1. The zero-order valence-corrected chi connectivity index (χ0v) is 18.7. The second-order valence-corrected chi connectivity index (χ2v) is 11.1. The van der Waals surface area contributed by atoms with Gasteiger partial charge in [0, 0.05) is 6.54 Å². The molecule has 2 atom stereocenters. The van der Waals surface area contributed by atoms with Crippen molar-refractivity contribution in [2.24, 2.45) is 0 Å². The third-order valence-corrected chi connectivity index (χ3v) is 5.33. The van der Waals surface area contributed by atoms with Crippen molar-refractivity contribution in [2.75, 3.05) is 12.8 Å². The van der Waals surface area contributed by atoms with Gasteiger partial charge in [-0.2, -0.15) is 4.31 Å². The Morgan fingerprint density at radius 1 is 1.00 bits per heavy atom. The average molecular weight is 416 g/mol. The van der Waals surface area contributed by atoms with E-state index in [1.54, 1.807) is 0 Å². The van der Waals surface area contributed by atoms with Crippen LogP contribution in [0.3, 0.4) is 0 Å². The lowest BCUT2D eigenvalue weighted by molar-refractivity contribution is -0.480. The van der Waals surface area contributed by atoms with E-state index in [0.29, 0.717) is 19.4 Å². The van der Waals surface area contributed by atoms with Gasteiger partial charge in [-0.3, -0.25) is 0 Å². The van der Waals surface area contributed by atoms with Crippen molar-refractivity contribution in [1.29, 1.82) is 0 Å². The third kappa shape index (κ3) is 5.98. The van der Waals surface area contributed by atoms with E-state index in [4.69, 9.17) is 19.6 Å². The summed E-state index contributed by atoms with van der Waals surface area (Å²) < 4.78 is 26.3. The van der Waals surface area contributed by atoms with Crippen molar-refractivity contribution in [1.82, 2.24) is 4.31 Å². The van der Waals surface area contributed by atoms with Crippen LogP contribution in [-0.2, 0) is 35.2 Å². The first-order chi connectivity index (χ1) is 12.7. The van der Waals surface area contributed by atoms with E-state index < -0.39 is 33.1 Å². The number of piperidine rings is 1. The lowest BCUT2D eigenvalue weighted by atomic mass is 9.85. The van der Waals surface area contributed by atoms with E-state index in [1.165, 1.54) is 4.31 Å². The Kier molecular flexibility index (Phi) is 6.95. The minimum Gasteiger partial charge on any atom is -0.230 e. The van der Waals surface area contributed by atoms with Crippen LogP contribution in [-0.4, -0.2) is 43.0 Å². The molecule has 0 radical (unpaired) electrons. The van der Waals surface area contributed by atoms with Crippen LogP contribution in [0, 0.1) is 0 Å². The summed E-state index contributed by atoms with van der Waals surface area (Å²) in [6.45, 7) is 11.4. The minimum atomic E-state index is -3.58. The maximum absolute atomic E-state index is 12.5. The highest BCUT2D eigenvalue weighted by atomic mass is 32.2. The molecular weight excluding hydrogens is 382 g/mol. The van der Waals surface area contributed by atoms with Crippen molar-refractivity contribution in [3.05, 3.63) is 35.9 Å². The number of hydrogen-bond donors (Lipinski definition) is 0. The fraction of sp³-hybridized carbons (Fsp3) is 0.700. The molecule has 1 aliphatic heterocycles. The largest absolute Gasteiger partial charge is 0.230 e. The molecule has 0 saturated carbocycles. The fourth-order valence-corrected chi connectivity index (χ4v) is 3.98. The van der Waals surface area contributed by atoms with Crippen LogP contribution in [0.25, 0.3) is 0 Å². The maximum atomic E-state index is 12.5. The third-order valence-electron chi connectivity index (χ3n) is 4.11. The Hall–Kier alpha value is -1.03. The molecule has 0 unspecified atom stereocenters. The van der Waals surface area contributed by atoms with Gasteiger partial charge in [-0.1, -0.05) is 30.3 Å². The monoisotopic (exact) mass is 415 g/mol. The number of sulfonamides is 1. The zero-order valence-electron chi connectivity index (χ0n) is 17.9. The molecule has 8 heteroatoms. The molecule has 0 aliphatic carbocycles. The summed E-state index contributed by atoms with van der Waals surface area (Å²) in [6, 6.07) is 9.40. The molecule has 0 spiro atoms. The van der Waals surface area contributed by atoms with Crippen molar-refractivity contribution in [3.63, 3.8) is 0 Å².